The predicted octanol–water partition coefficient (Wildman–Crippen LogP) is 0.507. The number of likely N-dealkylation sites (tertiary alicyclic amines) is 1. The van der Waals surface area contributed by atoms with Gasteiger partial charge in [0.15, 0.2) is 0 Å². The van der Waals surface area contributed by atoms with Crippen molar-refractivity contribution in [3.63, 3.8) is 0 Å². The maximum Gasteiger partial charge on any atom is 0.356 e. The van der Waals surface area contributed by atoms with Gasteiger partial charge in [-0.2, -0.15) is 0 Å². The van der Waals surface area contributed by atoms with Crippen LogP contribution in [-0.4, -0.2) is 62.4 Å². The zero-order valence-corrected chi connectivity index (χ0v) is 16.8. The molecule has 1 saturated heterocycles. The lowest BCUT2D eigenvalue weighted by atomic mass is 9.74. The summed E-state index contributed by atoms with van der Waals surface area (Å²) in [6.07, 6.45) is -1.88. The molecule has 1 fully saturated rings. The lowest BCUT2D eigenvalue weighted by Gasteiger charge is -2.52. The maximum atomic E-state index is 12.5. The normalized spacial score (nSPS) is 19.6. The summed E-state index contributed by atoms with van der Waals surface area (Å²) >= 11 is 0. The Morgan fingerprint density at radius 2 is 1.93 bits per heavy atom. The Balaban J connectivity index is 2.08. The van der Waals surface area contributed by atoms with E-state index in [4.69, 9.17) is 9.47 Å². The van der Waals surface area contributed by atoms with Gasteiger partial charge in [-0.1, -0.05) is 12.1 Å². The van der Waals surface area contributed by atoms with Gasteiger partial charge in [0, 0.05) is 19.4 Å². The SMILES string of the molecule is CC(=O)OCC[C@@H]1[C@@H](C(C)(C)O)C(=O)N1C(O)C(=O)OCc1ccccc1[N+](=O)[O-]. The van der Waals surface area contributed by atoms with Crippen molar-refractivity contribution in [1.82, 2.24) is 4.90 Å². The number of aliphatic hydroxyl groups is 2. The minimum Gasteiger partial charge on any atom is -0.466 e. The monoisotopic (exact) mass is 424 g/mol. The Morgan fingerprint density at radius 3 is 2.50 bits per heavy atom. The fourth-order valence-electron chi connectivity index (χ4n) is 3.42. The van der Waals surface area contributed by atoms with E-state index in [2.05, 4.69) is 0 Å². The van der Waals surface area contributed by atoms with Crippen molar-refractivity contribution in [3.05, 3.63) is 39.9 Å². The van der Waals surface area contributed by atoms with E-state index < -0.39 is 53.2 Å². The number of para-hydroxylation sites is 1. The number of aliphatic hydroxyl groups excluding tert-OH is 1. The van der Waals surface area contributed by atoms with Crippen LogP contribution in [0.5, 0.6) is 0 Å². The van der Waals surface area contributed by atoms with E-state index in [1.54, 1.807) is 0 Å². The van der Waals surface area contributed by atoms with E-state index in [1.807, 2.05) is 0 Å². The van der Waals surface area contributed by atoms with E-state index in [0.29, 0.717) is 0 Å². The Hall–Kier alpha value is -3.05. The minimum absolute atomic E-state index is 0.0751. The highest BCUT2D eigenvalue weighted by Gasteiger charge is 2.57. The van der Waals surface area contributed by atoms with Gasteiger partial charge >= 0.3 is 11.9 Å². The standard InChI is InChI=1S/C19H24N2O9/c1-11(22)29-9-8-14-15(19(2,3)26)16(23)20(14)17(24)18(25)30-10-12-6-4-5-7-13(12)21(27)28/h4-7,14-15,17,24,26H,8-10H2,1-3H3/t14-,15-,17?/m1/s1. The predicted molar refractivity (Wildman–Crippen MR) is 101 cm³/mol. The number of nitro groups is 1. The van der Waals surface area contributed by atoms with Gasteiger partial charge in [0.25, 0.3) is 5.69 Å². The third-order valence-electron chi connectivity index (χ3n) is 4.78. The van der Waals surface area contributed by atoms with Crippen molar-refractivity contribution in [2.75, 3.05) is 6.61 Å². The number of ether oxygens (including phenoxy) is 2. The summed E-state index contributed by atoms with van der Waals surface area (Å²) in [6, 6.07) is 4.87. The molecule has 0 bridgehead atoms. The third kappa shape index (κ3) is 5.10. The van der Waals surface area contributed by atoms with Crippen LogP contribution in [0.2, 0.25) is 0 Å². The largest absolute Gasteiger partial charge is 0.466 e. The van der Waals surface area contributed by atoms with Crippen LogP contribution < -0.4 is 0 Å². The fourth-order valence-corrected chi connectivity index (χ4v) is 3.42. The number of nitrogens with zero attached hydrogens (tertiary/aromatic N) is 2. The Labute approximate surface area is 172 Å². The number of carbonyl (C=O) groups is 3. The summed E-state index contributed by atoms with van der Waals surface area (Å²) in [7, 11) is 0. The summed E-state index contributed by atoms with van der Waals surface area (Å²) in [5, 5.41) is 31.6. The average molecular weight is 424 g/mol. The zero-order chi connectivity index (χ0) is 22.6. The Bertz CT molecular complexity index is 834. The first-order valence-corrected chi connectivity index (χ1v) is 9.20. The van der Waals surface area contributed by atoms with Gasteiger partial charge in [-0.05, 0) is 19.9 Å². The van der Waals surface area contributed by atoms with Gasteiger partial charge in [0.2, 0.25) is 12.1 Å². The molecule has 2 N–H and O–H groups in total. The molecule has 1 aromatic rings. The Kier molecular flexibility index (Phi) is 7.11. The molecule has 0 aliphatic carbocycles. The number of esters is 2. The number of benzene rings is 1. The summed E-state index contributed by atoms with van der Waals surface area (Å²) in [5.74, 6) is -3.28. The fraction of sp³-hybridized carbons (Fsp3) is 0.526. The molecule has 2 rings (SSSR count). The molecule has 11 heteroatoms. The minimum atomic E-state index is -1.97. The van der Waals surface area contributed by atoms with Crippen LogP contribution in [0, 0.1) is 16.0 Å². The van der Waals surface area contributed by atoms with Gasteiger partial charge < -0.3 is 24.6 Å². The number of nitro benzene ring substituents is 1. The molecule has 1 aliphatic rings. The number of amides is 1. The van der Waals surface area contributed by atoms with Gasteiger partial charge in [0.05, 0.1) is 34.7 Å². The highest BCUT2D eigenvalue weighted by atomic mass is 16.6. The smallest absolute Gasteiger partial charge is 0.356 e. The van der Waals surface area contributed by atoms with Crippen molar-refractivity contribution in [3.8, 4) is 0 Å². The first-order valence-electron chi connectivity index (χ1n) is 9.20. The second kappa shape index (κ2) is 9.18. The summed E-state index contributed by atoms with van der Waals surface area (Å²) < 4.78 is 9.82. The first kappa shape index (κ1) is 23.2. The van der Waals surface area contributed by atoms with Crippen molar-refractivity contribution < 1.29 is 39.0 Å². The number of β-lactam (4-membered cyclic amide) rings is 1. The third-order valence-corrected chi connectivity index (χ3v) is 4.78. The van der Waals surface area contributed by atoms with E-state index in [-0.39, 0.29) is 24.3 Å². The highest BCUT2D eigenvalue weighted by Crippen LogP contribution is 2.38. The second-order valence-electron chi connectivity index (χ2n) is 7.44. The van der Waals surface area contributed by atoms with Crippen molar-refractivity contribution in [2.24, 2.45) is 5.92 Å². The topological polar surface area (TPSA) is 157 Å². The lowest BCUT2D eigenvalue weighted by molar-refractivity contribution is -0.385. The molecule has 1 amide bonds. The van der Waals surface area contributed by atoms with Gasteiger partial charge in [-0.15, -0.1) is 0 Å². The number of hydrogen-bond donors (Lipinski definition) is 2. The molecule has 1 aromatic carbocycles. The van der Waals surface area contributed by atoms with Crippen molar-refractivity contribution in [2.45, 2.75) is 51.7 Å². The summed E-state index contributed by atoms with van der Waals surface area (Å²) in [4.78, 5) is 47.0. The molecule has 0 aromatic heterocycles. The quantitative estimate of drug-likeness (QED) is 0.249. The lowest BCUT2D eigenvalue weighted by Crippen LogP contribution is -2.71. The molecule has 0 radical (unpaired) electrons. The molecule has 11 nitrogen and oxygen atoms in total. The van der Waals surface area contributed by atoms with Crippen molar-refractivity contribution in [1.29, 1.82) is 0 Å². The molecule has 1 unspecified atom stereocenters. The van der Waals surface area contributed by atoms with Crippen LogP contribution >= 0.6 is 0 Å². The molecule has 0 spiro atoms. The molecule has 0 saturated carbocycles. The number of hydrogen-bond acceptors (Lipinski definition) is 9. The van der Waals surface area contributed by atoms with Crippen LogP contribution in [0.3, 0.4) is 0 Å². The number of rotatable bonds is 9. The molecular formula is C19H24N2O9. The van der Waals surface area contributed by atoms with E-state index in [1.165, 1.54) is 45.0 Å². The maximum absolute atomic E-state index is 12.5. The van der Waals surface area contributed by atoms with Crippen LogP contribution in [0.1, 0.15) is 32.8 Å². The molecule has 1 heterocycles. The average Bonchev–Trinajstić information content (AvgIpc) is 2.63. The summed E-state index contributed by atoms with van der Waals surface area (Å²) in [5.41, 5.74) is -1.55. The van der Waals surface area contributed by atoms with E-state index in [0.717, 1.165) is 4.90 Å². The van der Waals surface area contributed by atoms with Gasteiger partial charge in [-0.3, -0.25) is 19.7 Å². The van der Waals surface area contributed by atoms with Gasteiger partial charge in [-0.25, -0.2) is 4.79 Å². The highest BCUT2D eigenvalue weighted by molar-refractivity contribution is 5.91. The van der Waals surface area contributed by atoms with E-state index >= 15 is 0 Å². The molecular weight excluding hydrogens is 400 g/mol. The molecule has 1 aliphatic heterocycles. The Morgan fingerprint density at radius 1 is 1.30 bits per heavy atom. The number of carbonyl (C=O) groups excluding carboxylic acids is 3. The molecule has 30 heavy (non-hydrogen) atoms. The molecule has 3 atom stereocenters. The van der Waals surface area contributed by atoms with Crippen LogP contribution in [0.4, 0.5) is 5.69 Å². The zero-order valence-electron chi connectivity index (χ0n) is 16.8. The van der Waals surface area contributed by atoms with E-state index in [9.17, 15) is 34.7 Å². The van der Waals surface area contributed by atoms with Crippen LogP contribution in [0.15, 0.2) is 24.3 Å². The summed E-state index contributed by atoms with van der Waals surface area (Å²) in [6.45, 7) is 3.51. The first-order chi connectivity index (χ1) is 13.9. The van der Waals surface area contributed by atoms with Crippen LogP contribution in [0.25, 0.3) is 0 Å². The van der Waals surface area contributed by atoms with Gasteiger partial charge in [0.1, 0.15) is 6.61 Å². The van der Waals surface area contributed by atoms with Crippen LogP contribution in [-0.2, 0) is 30.5 Å². The second-order valence-corrected chi connectivity index (χ2v) is 7.44. The van der Waals surface area contributed by atoms with Crippen molar-refractivity contribution >= 4 is 23.5 Å². The molecule has 164 valence electrons.